The molecule has 1 spiro atoms. The highest BCUT2D eigenvalue weighted by molar-refractivity contribution is 8.00. The average molecular weight is 1510 g/mol. The first-order chi connectivity index (χ1) is 54.8. The van der Waals surface area contributed by atoms with Gasteiger partial charge in [-0.2, -0.15) is 5.26 Å². The molecule has 15 aromatic carbocycles. The molecule has 4 nitrogen and oxygen atoms in total. The Morgan fingerprint density at radius 1 is 0.265 bits per heavy atom. The van der Waals surface area contributed by atoms with Gasteiger partial charge in [-0.15, -0.1) is 0 Å². The Kier molecular flexibility index (Phi) is 16.5. The highest BCUT2D eigenvalue weighted by Gasteiger charge is 2.70. The predicted molar refractivity (Wildman–Crippen MR) is 476 cm³/mol. The molecule has 0 unspecified atom stereocenters. The molecule has 113 heavy (non-hydrogen) atoms. The topological polar surface area (TPSA) is 33.5 Å². The van der Waals surface area contributed by atoms with Crippen molar-refractivity contribution in [3.8, 4) is 84.0 Å². The fraction of sp³-hybridized carbons (Fsp3) is 0.142. The van der Waals surface area contributed by atoms with Gasteiger partial charge < -0.3 is 14.7 Å². The highest BCUT2D eigenvalue weighted by atomic mass is 32.2. The maximum atomic E-state index is 14.1. The molecule has 20 rings (SSSR count). The zero-order valence-electron chi connectivity index (χ0n) is 65.2. The van der Waals surface area contributed by atoms with Gasteiger partial charge in [0.05, 0.1) is 51.2 Å². The molecule has 0 bridgehead atoms. The minimum atomic E-state index is -0.848. The summed E-state index contributed by atoms with van der Waals surface area (Å²) in [7, 11) is 0. The second kappa shape index (κ2) is 26.4. The molecule has 0 N–H and O–H groups in total. The van der Waals surface area contributed by atoms with Crippen LogP contribution in [-0.4, -0.2) is 0 Å². The Labute approximate surface area is 677 Å². The molecule has 7 heteroatoms. The number of fused-ring (bicyclic) bond motifs is 12. The SMILES string of the molecule is CC(C)(C)c1ccc2c(c1)C1(c3cc(C(C)(C)C)ccc3-2)C(C)(C)c2c(N3c4ccc(-c5ccccc5)cc4Sc4cc(-c5ccccc5)ccc43)c(C#N)c(N3c4ccc(-c5ccccc5)cc4Sc4cc(-c5ccccc5)ccc43)c(N3c4ccc(-c5ccccc5)cc4Sc4cc(-c5ccccc5)ccc43)c2C1(C)C. The first kappa shape index (κ1) is 70.4. The molecule has 0 aromatic heterocycles. The van der Waals surface area contributed by atoms with E-state index in [1.54, 1.807) is 0 Å². The number of anilines is 9. The minimum Gasteiger partial charge on any atom is -0.306 e. The van der Waals surface area contributed by atoms with E-state index in [0.29, 0.717) is 5.56 Å². The third kappa shape index (κ3) is 11.0. The summed E-state index contributed by atoms with van der Waals surface area (Å²) < 4.78 is 0. The number of hydrogen-bond acceptors (Lipinski definition) is 7. The predicted octanol–water partition coefficient (Wildman–Crippen LogP) is 30.5. The van der Waals surface area contributed by atoms with Gasteiger partial charge in [-0.1, -0.05) is 359 Å². The van der Waals surface area contributed by atoms with Crippen molar-refractivity contribution in [3.05, 3.63) is 367 Å². The number of hydrogen-bond donors (Lipinski definition) is 0. The Bertz CT molecular complexity index is 6100. The Morgan fingerprint density at radius 3 is 0.752 bits per heavy atom. The third-order valence-electron chi connectivity index (χ3n) is 24.7. The summed E-state index contributed by atoms with van der Waals surface area (Å²) in [6.45, 7) is 24.6. The van der Waals surface area contributed by atoms with Crippen molar-refractivity contribution in [2.75, 3.05) is 14.7 Å². The van der Waals surface area contributed by atoms with Gasteiger partial charge in [0.2, 0.25) is 0 Å². The van der Waals surface area contributed by atoms with Crippen LogP contribution in [0.4, 0.5) is 51.2 Å². The second-order valence-electron chi connectivity index (χ2n) is 33.9. The van der Waals surface area contributed by atoms with E-state index in [9.17, 15) is 5.26 Å². The van der Waals surface area contributed by atoms with Crippen molar-refractivity contribution in [1.29, 1.82) is 5.26 Å². The van der Waals surface area contributed by atoms with Crippen molar-refractivity contribution in [2.45, 2.75) is 126 Å². The smallest absolute Gasteiger partial charge is 0.104 e. The van der Waals surface area contributed by atoms with Gasteiger partial charge in [0.1, 0.15) is 11.6 Å². The van der Waals surface area contributed by atoms with Gasteiger partial charge in [-0.25, -0.2) is 0 Å². The van der Waals surface area contributed by atoms with Gasteiger partial charge in [0, 0.05) is 45.6 Å². The normalized spacial score (nSPS) is 14.9. The lowest BCUT2D eigenvalue weighted by atomic mass is 9.52. The Hall–Kier alpha value is -11.8. The zero-order chi connectivity index (χ0) is 77.0. The lowest BCUT2D eigenvalue weighted by Crippen LogP contribution is -2.51. The number of benzene rings is 15. The van der Waals surface area contributed by atoms with Crippen LogP contribution in [0.15, 0.2) is 357 Å². The molecule has 0 amide bonds. The van der Waals surface area contributed by atoms with Crippen LogP contribution in [0, 0.1) is 11.3 Å². The third-order valence-corrected chi connectivity index (χ3v) is 28.0. The van der Waals surface area contributed by atoms with Crippen molar-refractivity contribution in [3.63, 3.8) is 0 Å². The molecule has 15 aromatic rings. The molecule has 0 radical (unpaired) electrons. The van der Waals surface area contributed by atoms with E-state index in [4.69, 9.17) is 0 Å². The van der Waals surface area contributed by atoms with Gasteiger partial charge in [-0.05, 0) is 195 Å². The quantitative estimate of drug-likeness (QED) is 0.142. The van der Waals surface area contributed by atoms with E-state index in [-0.39, 0.29) is 10.8 Å². The van der Waals surface area contributed by atoms with Crippen molar-refractivity contribution >= 4 is 86.5 Å². The van der Waals surface area contributed by atoms with E-state index in [1.165, 1.54) is 38.9 Å². The Balaban J connectivity index is 1.01. The van der Waals surface area contributed by atoms with Gasteiger partial charge in [0.15, 0.2) is 0 Å². The van der Waals surface area contributed by atoms with Crippen LogP contribution in [0.1, 0.15) is 108 Å². The number of nitrogens with zero attached hydrogens (tertiary/aromatic N) is 4. The molecule has 0 atom stereocenters. The lowest BCUT2D eigenvalue weighted by Gasteiger charge is -2.50. The second-order valence-corrected chi connectivity index (χ2v) is 37.2. The first-order valence-corrected chi connectivity index (χ1v) is 41.8. The van der Waals surface area contributed by atoms with Gasteiger partial charge in [-0.3, -0.25) is 0 Å². The van der Waals surface area contributed by atoms with Crippen LogP contribution in [0.5, 0.6) is 0 Å². The minimum absolute atomic E-state index is 0.210. The summed E-state index contributed by atoms with van der Waals surface area (Å²) in [5.41, 5.74) is 30.0. The van der Waals surface area contributed by atoms with Crippen LogP contribution >= 0.6 is 35.3 Å². The van der Waals surface area contributed by atoms with Crippen LogP contribution < -0.4 is 14.7 Å². The molecule has 0 saturated heterocycles. The maximum absolute atomic E-state index is 14.1. The zero-order valence-corrected chi connectivity index (χ0v) is 67.6. The van der Waals surface area contributed by atoms with Crippen molar-refractivity contribution in [1.82, 2.24) is 0 Å². The molecule has 3 aliphatic heterocycles. The molecular weight excluding hydrogens is 1430 g/mol. The van der Waals surface area contributed by atoms with Crippen LogP contribution in [0.3, 0.4) is 0 Å². The average Bonchev–Trinajstić information content (AvgIpc) is 1.48. The van der Waals surface area contributed by atoms with E-state index >= 15 is 0 Å². The van der Waals surface area contributed by atoms with Gasteiger partial charge in [0.25, 0.3) is 0 Å². The Morgan fingerprint density at radius 2 is 0.504 bits per heavy atom. The standard InChI is InChI=1S/C106H84N4S3/c1-102(2,3)78-47-49-80-81-50-48-79(103(4,5)6)64-84(81)106(83(80)63-78)104(7,8)97-98(105(106,9)10)101(110-89-55-45-76(70-37-25-15-26-38-70)61-95(89)113-96-62-77(46-56-90(96)110)71-39-27-16-28-40-71)100(109-87-53-43-74(68-33-21-13-22-34-68)59-93(87)112-94-60-75(44-54-88(94)109)69-35-23-14-24-36-69)82(65-107)99(97)108-85-51-41-72(66-29-17-11-18-30-66)57-91(85)111-92-58-73(42-52-86(92)108)67-31-19-12-20-32-67/h11-64H,1-10H3. The summed E-state index contributed by atoms with van der Waals surface area (Å²) >= 11 is 5.49. The summed E-state index contributed by atoms with van der Waals surface area (Å²) in [6, 6.07) is 126. The highest BCUT2D eigenvalue weighted by Crippen LogP contribution is 2.77. The lowest BCUT2D eigenvalue weighted by molar-refractivity contribution is 0.231. The largest absolute Gasteiger partial charge is 0.306 e. The van der Waals surface area contributed by atoms with E-state index in [1.807, 2.05) is 35.3 Å². The molecular formula is C106H84N4S3. The monoisotopic (exact) mass is 1510 g/mol. The van der Waals surface area contributed by atoms with Crippen LogP contribution in [0.25, 0.3) is 77.9 Å². The number of nitriles is 1. The maximum Gasteiger partial charge on any atom is 0.104 e. The summed E-state index contributed by atoms with van der Waals surface area (Å²) in [4.78, 5) is 14.4. The van der Waals surface area contributed by atoms with Crippen LogP contribution in [-0.2, 0) is 27.1 Å². The molecule has 0 fully saturated rings. The fourth-order valence-corrected chi connectivity index (χ4v) is 22.9. The van der Waals surface area contributed by atoms with Crippen molar-refractivity contribution < 1.29 is 0 Å². The van der Waals surface area contributed by atoms with E-state index < -0.39 is 16.2 Å². The van der Waals surface area contributed by atoms with E-state index in [2.05, 4.69) is 418 Å². The molecule has 0 saturated carbocycles. The molecule has 5 aliphatic rings. The van der Waals surface area contributed by atoms with Gasteiger partial charge >= 0.3 is 0 Å². The number of rotatable bonds is 9. The summed E-state index contributed by atoms with van der Waals surface area (Å²) in [5, 5.41) is 14.1. The molecule has 2 aliphatic carbocycles. The first-order valence-electron chi connectivity index (χ1n) is 39.3. The van der Waals surface area contributed by atoms with Crippen molar-refractivity contribution in [2.24, 2.45) is 0 Å². The fourth-order valence-electron chi connectivity index (χ4n) is 19.5. The molecule has 546 valence electrons. The van der Waals surface area contributed by atoms with E-state index in [0.717, 1.165) is 153 Å². The molecule has 3 heterocycles. The summed E-state index contributed by atoms with van der Waals surface area (Å²) in [5.74, 6) is 0. The summed E-state index contributed by atoms with van der Waals surface area (Å²) in [6.07, 6.45) is 0. The van der Waals surface area contributed by atoms with Crippen LogP contribution in [0.2, 0.25) is 0 Å².